The van der Waals surface area contributed by atoms with E-state index in [0.29, 0.717) is 30.0 Å². The van der Waals surface area contributed by atoms with Crippen molar-refractivity contribution in [2.24, 2.45) is 0 Å². The van der Waals surface area contributed by atoms with Crippen molar-refractivity contribution in [2.45, 2.75) is 32.4 Å². The molecule has 1 aliphatic rings. The van der Waals surface area contributed by atoms with E-state index in [1.54, 1.807) is 48.4 Å². The fraction of sp³-hybridized carbons (Fsp3) is 0.385. The summed E-state index contributed by atoms with van der Waals surface area (Å²) in [6.45, 7) is 5.04. The number of likely N-dealkylation sites (tertiary alicyclic amines) is 1. The lowest BCUT2D eigenvalue weighted by Gasteiger charge is -2.26. The van der Waals surface area contributed by atoms with Gasteiger partial charge in [0, 0.05) is 12.1 Å². The van der Waals surface area contributed by atoms with Crippen molar-refractivity contribution in [1.29, 1.82) is 0 Å². The molecule has 0 unspecified atom stereocenters. The molecule has 1 atom stereocenters. The number of Topliss-reactive ketones (excluding diaryl/α,β-unsaturated/α-hetero) is 1. The molecule has 7 nitrogen and oxygen atoms in total. The van der Waals surface area contributed by atoms with Gasteiger partial charge in [0.15, 0.2) is 0 Å². The number of ketones is 1. The van der Waals surface area contributed by atoms with Crippen molar-refractivity contribution < 1.29 is 24.2 Å². The molecule has 0 aliphatic carbocycles. The topological polar surface area (TPSA) is 79.3 Å². The van der Waals surface area contributed by atoms with Crippen LogP contribution in [0.15, 0.2) is 54.1 Å². The van der Waals surface area contributed by atoms with E-state index in [1.165, 1.54) is 0 Å². The van der Waals surface area contributed by atoms with Crippen LogP contribution < -0.4 is 9.47 Å². The Labute approximate surface area is 195 Å². The monoisotopic (exact) mass is 452 g/mol. The third-order valence-electron chi connectivity index (χ3n) is 5.48. The smallest absolute Gasteiger partial charge is 0.295 e. The summed E-state index contributed by atoms with van der Waals surface area (Å²) in [6.07, 6.45) is 0.723. The van der Waals surface area contributed by atoms with Gasteiger partial charge in [0.1, 0.15) is 17.3 Å². The zero-order valence-corrected chi connectivity index (χ0v) is 19.9. The van der Waals surface area contributed by atoms with Gasteiger partial charge in [0.2, 0.25) is 0 Å². The predicted octanol–water partition coefficient (Wildman–Crippen LogP) is 3.86. The van der Waals surface area contributed by atoms with Crippen LogP contribution in [0.5, 0.6) is 11.5 Å². The third kappa shape index (κ3) is 5.54. The van der Waals surface area contributed by atoms with Gasteiger partial charge in [-0.05, 0) is 82.9 Å². The minimum absolute atomic E-state index is 0.0204. The van der Waals surface area contributed by atoms with Crippen molar-refractivity contribution in [3.63, 3.8) is 0 Å². The zero-order valence-electron chi connectivity index (χ0n) is 19.9. The van der Waals surface area contributed by atoms with Gasteiger partial charge < -0.3 is 24.4 Å². The largest absolute Gasteiger partial charge is 0.507 e. The van der Waals surface area contributed by atoms with Crippen LogP contribution in [0.25, 0.3) is 5.76 Å². The molecule has 1 saturated heterocycles. The van der Waals surface area contributed by atoms with E-state index in [4.69, 9.17) is 9.47 Å². The quantitative estimate of drug-likeness (QED) is 0.354. The molecule has 1 amide bonds. The highest BCUT2D eigenvalue weighted by molar-refractivity contribution is 6.46. The van der Waals surface area contributed by atoms with Crippen molar-refractivity contribution in [1.82, 2.24) is 9.80 Å². The average molecular weight is 453 g/mol. The van der Waals surface area contributed by atoms with Crippen LogP contribution in [0.2, 0.25) is 0 Å². The van der Waals surface area contributed by atoms with Crippen LogP contribution >= 0.6 is 0 Å². The fourth-order valence-electron chi connectivity index (χ4n) is 3.92. The molecule has 2 aromatic carbocycles. The van der Waals surface area contributed by atoms with E-state index in [-0.39, 0.29) is 17.4 Å². The van der Waals surface area contributed by atoms with Crippen molar-refractivity contribution in [2.75, 3.05) is 34.3 Å². The molecule has 1 N–H and O–H groups in total. The Morgan fingerprint density at radius 3 is 2.18 bits per heavy atom. The number of amides is 1. The normalized spacial score (nSPS) is 17.8. The molecular formula is C26H32N2O5. The van der Waals surface area contributed by atoms with E-state index in [9.17, 15) is 14.7 Å². The van der Waals surface area contributed by atoms with Crippen molar-refractivity contribution in [3.05, 3.63) is 65.2 Å². The summed E-state index contributed by atoms with van der Waals surface area (Å²) in [6, 6.07) is 13.4. The number of rotatable bonds is 9. The number of carbonyl (C=O) groups excluding carboxylic acids is 2. The lowest BCUT2D eigenvalue weighted by Crippen LogP contribution is -2.32. The van der Waals surface area contributed by atoms with Gasteiger partial charge in [0.05, 0.1) is 24.8 Å². The van der Waals surface area contributed by atoms with E-state index < -0.39 is 17.7 Å². The third-order valence-corrected chi connectivity index (χ3v) is 5.48. The van der Waals surface area contributed by atoms with Crippen LogP contribution in [-0.4, -0.2) is 67.0 Å². The van der Waals surface area contributed by atoms with Gasteiger partial charge in [-0.3, -0.25) is 9.59 Å². The minimum Gasteiger partial charge on any atom is -0.507 e. The molecule has 0 radical (unpaired) electrons. The number of methoxy groups -OCH3 is 1. The zero-order chi connectivity index (χ0) is 24.1. The number of ether oxygens (including phenoxy) is 2. The van der Waals surface area contributed by atoms with E-state index in [0.717, 1.165) is 12.1 Å². The summed E-state index contributed by atoms with van der Waals surface area (Å²) in [4.78, 5) is 29.6. The van der Waals surface area contributed by atoms with E-state index >= 15 is 0 Å². The maximum atomic E-state index is 13.1. The highest BCUT2D eigenvalue weighted by Crippen LogP contribution is 2.40. The second kappa shape index (κ2) is 10.5. The molecule has 33 heavy (non-hydrogen) atoms. The van der Waals surface area contributed by atoms with Gasteiger partial charge in [-0.2, -0.15) is 0 Å². The van der Waals surface area contributed by atoms with Gasteiger partial charge in [-0.25, -0.2) is 0 Å². The molecule has 7 heteroatoms. The maximum Gasteiger partial charge on any atom is 0.295 e. The summed E-state index contributed by atoms with van der Waals surface area (Å²) in [5.41, 5.74) is 1.28. The highest BCUT2D eigenvalue weighted by atomic mass is 16.5. The van der Waals surface area contributed by atoms with Crippen LogP contribution in [-0.2, 0) is 9.59 Å². The first-order valence-electron chi connectivity index (χ1n) is 11.1. The molecule has 0 spiro atoms. The Hall–Kier alpha value is -3.32. The Morgan fingerprint density at radius 1 is 1.03 bits per heavy atom. The van der Waals surface area contributed by atoms with Crippen molar-refractivity contribution in [3.8, 4) is 11.5 Å². The second-order valence-electron chi connectivity index (χ2n) is 8.61. The number of hydrogen-bond donors (Lipinski definition) is 1. The van der Waals surface area contributed by atoms with Gasteiger partial charge in [-0.15, -0.1) is 0 Å². The predicted molar refractivity (Wildman–Crippen MR) is 127 cm³/mol. The maximum absolute atomic E-state index is 13.1. The van der Waals surface area contributed by atoms with E-state index in [1.807, 2.05) is 45.0 Å². The highest BCUT2D eigenvalue weighted by Gasteiger charge is 2.45. The average Bonchev–Trinajstić information content (AvgIpc) is 3.03. The lowest BCUT2D eigenvalue weighted by molar-refractivity contribution is -0.139. The summed E-state index contributed by atoms with van der Waals surface area (Å²) < 4.78 is 10.9. The Balaban J connectivity index is 2.03. The summed E-state index contributed by atoms with van der Waals surface area (Å²) in [7, 11) is 5.50. The molecule has 1 aliphatic heterocycles. The first-order valence-corrected chi connectivity index (χ1v) is 11.1. The van der Waals surface area contributed by atoms with E-state index in [2.05, 4.69) is 0 Å². The lowest BCUT2D eigenvalue weighted by atomic mass is 9.95. The molecule has 1 heterocycles. The summed E-state index contributed by atoms with van der Waals surface area (Å²) in [5, 5.41) is 11.2. The Kier molecular flexibility index (Phi) is 7.76. The number of aliphatic hydroxyl groups is 1. The Morgan fingerprint density at radius 2 is 1.64 bits per heavy atom. The molecule has 3 rings (SSSR count). The van der Waals surface area contributed by atoms with Crippen LogP contribution in [0, 0.1) is 0 Å². The number of aliphatic hydroxyl groups excluding tert-OH is 1. The van der Waals surface area contributed by atoms with Gasteiger partial charge >= 0.3 is 0 Å². The van der Waals surface area contributed by atoms with Gasteiger partial charge in [-0.1, -0.05) is 12.1 Å². The Bertz CT molecular complexity index is 1010. The number of nitrogens with zero attached hydrogens (tertiary/aromatic N) is 2. The first kappa shape index (κ1) is 24.3. The van der Waals surface area contributed by atoms with Crippen molar-refractivity contribution >= 4 is 17.4 Å². The molecule has 0 aromatic heterocycles. The molecule has 1 fully saturated rings. The molecule has 2 aromatic rings. The second-order valence-corrected chi connectivity index (χ2v) is 8.61. The molecule has 0 bridgehead atoms. The summed E-state index contributed by atoms with van der Waals surface area (Å²) >= 11 is 0. The van der Waals surface area contributed by atoms with Gasteiger partial charge in [0.25, 0.3) is 11.7 Å². The number of benzene rings is 2. The van der Waals surface area contributed by atoms with Crippen LogP contribution in [0.1, 0.15) is 37.4 Å². The van der Waals surface area contributed by atoms with Crippen LogP contribution in [0.3, 0.4) is 0 Å². The molecule has 0 saturated carbocycles. The number of carbonyl (C=O) groups is 2. The molecule has 176 valence electrons. The fourth-order valence-corrected chi connectivity index (χ4v) is 3.92. The SMILES string of the molecule is COc1ccc([C@@H]2/C(=C(\O)c3ccc(OC(C)C)cc3)C(=O)C(=O)N2CCCN(C)C)cc1. The standard InChI is InChI=1S/C26H32N2O5/c1-17(2)33-21-13-9-19(10-14-21)24(29)22-23(18-7-11-20(32-5)12-8-18)28(26(31)25(22)30)16-6-15-27(3)4/h7-14,17,23,29H,6,15-16H2,1-5H3/b24-22+/t23-/m1/s1. The first-order chi connectivity index (χ1) is 15.7. The minimum atomic E-state index is -0.680. The molecular weight excluding hydrogens is 420 g/mol. The number of hydrogen-bond acceptors (Lipinski definition) is 6. The summed E-state index contributed by atoms with van der Waals surface area (Å²) in [5.74, 6) is -0.140. The van der Waals surface area contributed by atoms with Crippen LogP contribution in [0.4, 0.5) is 0 Å².